The molecule has 44 heavy (non-hydrogen) atoms. The number of fused-ring (bicyclic) bond motifs is 1. The van der Waals surface area contributed by atoms with Gasteiger partial charge < -0.3 is 10.4 Å². The number of hydrogen-bond donors (Lipinski definition) is 5. The first-order valence-electron chi connectivity index (χ1n) is 10.3. The van der Waals surface area contributed by atoms with Crippen molar-refractivity contribution in [3.05, 3.63) is 57.9 Å². The van der Waals surface area contributed by atoms with Gasteiger partial charge in [-0.05, 0) is 54.1 Å². The van der Waals surface area contributed by atoms with E-state index in [2.05, 4.69) is 25.5 Å². The fraction of sp³-hybridized carbons (Fsp3) is 0. The second kappa shape index (κ2) is 15.8. The van der Waals surface area contributed by atoms with Crippen LogP contribution in [0.1, 0.15) is 0 Å². The summed E-state index contributed by atoms with van der Waals surface area (Å²) in [5.74, 6) is -0.855. The summed E-state index contributed by atoms with van der Waals surface area (Å²) in [4.78, 5) is 5.08. The van der Waals surface area contributed by atoms with Crippen molar-refractivity contribution in [2.75, 3.05) is 5.32 Å². The molecule has 4 aromatic rings. The largest absolute Gasteiger partial charge is 0.505 e. The van der Waals surface area contributed by atoms with Crippen LogP contribution >= 0.6 is 34.8 Å². The van der Waals surface area contributed by atoms with Crippen LogP contribution in [0.15, 0.2) is 67.4 Å². The molecule has 1 heterocycles. The number of nitrogens with one attached hydrogen (secondary N) is 1. The van der Waals surface area contributed by atoms with E-state index in [0.717, 1.165) is 24.3 Å². The summed E-state index contributed by atoms with van der Waals surface area (Å²) >= 11 is 17.7. The standard InChI is InChI=1S/C20H12Cl3N5O10S3.3Na/c21-16-18(22)25-20(23)26-19(16)24-8-1-4-14(40(33,34)35)12(5-8)27-28-13-7-15(41(36,37)38)11-6-9(39(30,31)32)2-3-10(11)17(13)29;;;/h1-7,29H,(H,24,25,26)(H,30,31,32)(H,33,34,35)(H,36,37,38);;;. The minimum atomic E-state index is -5.08. The molecule has 0 spiro atoms. The second-order valence-electron chi connectivity index (χ2n) is 7.83. The van der Waals surface area contributed by atoms with Crippen molar-refractivity contribution >= 4 is 187 Å². The molecular formula is C20H12Cl3N5Na3O10S3. The van der Waals surface area contributed by atoms with Crippen LogP contribution in [0.3, 0.4) is 0 Å². The third-order valence-electron chi connectivity index (χ3n) is 5.15. The molecule has 4 rings (SSSR count). The van der Waals surface area contributed by atoms with Crippen molar-refractivity contribution in [1.82, 2.24) is 9.97 Å². The van der Waals surface area contributed by atoms with Gasteiger partial charge in [-0.25, -0.2) is 4.98 Å². The zero-order chi connectivity index (χ0) is 30.5. The maximum Gasteiger partial charge on any atom is 0.296 e. The van der Waals surface area contributed by atoms with Gasteiger partial charge in [-0.2, -0.15) is 30.2 Å². The number of benzene rings is 3. The topological polar surface area (TPSA) is 246 Å². The van der Waals surface area contributed by atoms with Gasteiger partial charge in [-0.15, -0.1) is 10.2 Å². The van der Waals surface area contributed by atoms with Crippen LogP contribution in [0.5, 0.6) is 5.75 Å². The Hall–Kier alpha value is -0.200. The quantitative estimate of drug-likeness (QED) is 0.0589. The molecule has 3 aromatic carbocycles. The van der Waals surface area contributed by atoms with Crippen LogP contribution in [-0.4, -0.2) is 143 Å². The zero-order valence-electron chi connectivity index (χ0n) is 22.4. The van der Waals surface area contributed by atoms with E-state index < -0.39 is 67.6 Å². The first-order valence-corrected chi connectivity index (χ1v) is 15.7. The summed E-state index contributed by atoms with van der Waals surface area (Å²) in [6, 6.07) is 6.23. The molecule has 15 nitrogen and oxygen atoms in total. The molecule has 24 heteroatoms. The predicted molar refractivity (Wildman–Crippen MR) is 163 cm³/mol. The van der Waals surface area contributed by atoms with Gasteiger partial charge in [0.25, 0.3) is 30.4 Å². The monoisotopic (exact) mass is 752 g/mol. The van der Waals surface area contributed by atoms with Crippen LogP contribution in [-0.2, 0) is 30.4 Å². The minimum absolute atomic E-state index is 0. The number of aromatic nitrogens is 2. The summed E-state index contributed by atoms with van der Waals surface area (Å²) in [6.45, 7) is 0. The minimum Gasteiger partial charge on any atom is -0.505 e. The van der Waals surface area contributed by atoms with Gasteiger partial charge in [0.15, 0.2) is 16.7 Å². The summed E-state index contributed by atoms with van der Waals surface area (Å²) in [6.07, 6.45) is 0. The number of halogens is 3. The summed E-state index contributed by atoms with van der Waals surface area (Å²) in [5.41, 5.74) is -1.09. The van der Waals surface area contributed by atoms with Crippen molar-refractivity contribution in [3.63, 3.8) is 0 Å². The molecule has 5 N–H and O–H groups in total. The van der Waals surface area contributed by atoms with E-state index in [0.29, 0.717) is 12.1 Å². The molecule has 0 amide bonds. The Bertz CT molecular complexity index is 2130. The number of hydrogen-bond acceptors (Lipinski definition) is 12. The molecular weight excluding hydrogens is 742 g/mol. The maximum absolute atomic E-state index is 12.1. The van der Waals surface area contributed by atoms with Crippen molar-refractivity contribution < 1.29 is 44.0 Å². The third kappa shape index (κ3) is 9.68. The molecule has 0 saturated heterocycles. The fourth-order valence-corrected chi connectivity index (χ4v) is 5.74. The zero-order valence-corrected chi connectivity index (χ0v) is 33.1. The van der Waals surface area contributed by atoms with E-state index in [1.54, 1.807) is 0 Å². The van der Waals surface area contributed by atoms with Crippen LogP contribution in [0.25, 0.3) is 10.8 Å². The third-order valence-corrected chi connectivity index (χ3v) is 8.69. The summed E-state index contributed by atoms with van der Waals surface area (Å²) < 4.78 is 99.6. The summed E-state index contributed by atoms with van der Waals surface area (Å²) in [7, 11) is -14.8. The molecule has 0 fully saturated rings. The van der Waals surface area contributed by atoms with E-state index >= 15 is 0 Å². The number of anilines is 2. The number of phenols is 1. The van der Waals surface area contributed by atoms with Gasteiger partial charge in [0.05, 0.1) is 4.90 Å². The first-order chi connectivity index (χ1) is 18.9. The van der Waals surface area contributed by atoms with Gasteiger partial charge in [0.2, 0.25) is 5.28 Å². The van der Waals surface area contributed by atoms with Crippen molar-refractivity contribution in [2.45, 2.75) is 14.7 Å². The van der Waals surface area contributed by atoms with Crippen LogP contribution in [0, 0.1) is 0 Å². The van der Waals surface area contributed by atoms with Gasteiger partial charge in [0.1, 0.15) is 26.2 Å². The number of phenolic OH excluding ortho intramolecular Hbond substituents is 1. The average Bonchev–Trinajstić information content (AvgIpc) is 2.84. The number of rotatable bonds is 7. The fourth-order valence-electron chi connectivity index (χ4n) is 3.40. The van der Waals surface area contributed by atoms with Gasteiger partial charge in [-0.3, -0.25) is 13.7 Å². The van der Waals surface area contributed by atoms with Crippen LogP contribution in [0.2, 0.25) is 15.5 Å². The number of aromatic hydroxyl groups is 1. The molecule has 0 atom stereocenters. The van der Waals surface area contributed by atoms with Gasteiger partial charge in [-0.1, -0.05) is 23.2 Å². The normalized spacial score (nSPS) is 11.9. The molecule has 219 valence electrons. The second-order valence-corrected chi connectivity index (χ2v) is 13.1. The van der Waals surface area contributed by atoms with E-state index in [4.69, 9.17) is 34.8 Å². The first kappa shape index (κ1) is 41.8. The van der Waals surface area contributed by atoms with Gasteiger partial charge >= 0.3 is 0 Å². The molecule has 1 aromatic heterocycles. The SMILES string of the molecule is O=S(=O)(O)c1ccc2c(O)c(N=Nc3cc(Nc4nc(Cl)nc(Cl)c4Cl)ccc3S(=O)(=O)O)cc(S(=O)(=O)O)c2c1.[Na].[Na].[Na]. The van der Waals surface area contributed by atoms with Crippen molar-refractivity contribution in [2.24, 2.45) is 10.2 Å². The molecule has 0 bridgehead atoms. The Balaban J connectivity index is 0.00000323. The van der Waals surface area contributed by atoms with Gasteiger partial charge in [0, 0.05) is 105 Å². The average molecular weight is 754 g/mol. The van der Waals surface area contributed by atoms with Crippen LogP contribution in [0.4, 0.5) is 22.9 Å². The summed E-state index contributed by atoms with van der Waals surface area (Å²) in [5, 5.41) is 19.3. The van der Waals surface area contributed by atoms with E-state index in [9.17, 15) is 44.0 Å². The molecule has 0 unspecified atom stereocenters. The van der Waals surface area contributed by atoms with Crippen LogP contribution < -0.4 is 5.32 Å². The molecule has 0 saturated carbocycles. The van der Waals surface area contributed by atoms with Crippen molar-refractivity contribution in [3.8, 4) is 5.75 Å². The molecule has 3 radical (unpaired) electrons. The number of azo groups is 1. The Morgan fingerprint density at radius 1 is 0.682 bits per heavy atom. The predicted octanol–water partition coefficient (Wildman–Crippen LogP) is 4.05. The Morgan fingerprint density at radius 2 is 1.27 bits per heavy atom. The Kier molecular flexibility index (Phi) is 15.0. The number of nitrogens with zero attached hydrogens (tertiary/aromatic N) is 4. The Morgan fingerprint density at radius 3 is 1.84 bits per heavy atom. The Labute approximate surface area is 330 Å². The molecule has 0 aliphatic heterocycles. The molecule has 0 aliphatic rings. The maximum atomic E-state index is 12.1. The molecule has 0 aliphatic carbocycles. The smallest absolute Gasteiger partial charge is 0.296 e. The van der Waals surface area contributed by atoms with Crippen molar-refractivity contribution in [1.29, 1.82) is 0 Å². The van der Waals surface area contributed by atoms with E-state index in [1.165, 1.54) is 6.07 Å². The van der Waals surface area contributed by atoms with E-state index in [1.807, 2.05) is 0 Å². The van der Waals surface area contributed by atoms with E-state index in [-0.39, 0.29) is 121 Å².